The van der Waals surface area contributed by atoms with Crippen LogP contribution in [-0.2, 0) is 4.74 Å². The molecule has 2 aromatic carbocycles. The summed E-state index contributed by atoms with van der Waals surface area (Å²) in [5.74, 6) is 4.77. The lowest BCUT2D eigenvalue weighted by Crippen LogP contribution is -2.16. The maximum absolute atomic E-state index is 13.3. The fourth-order valence-corrected chi connectivity index (χ4v) is 3.12. The van der Waals surface area contributed by atoms with E-state index in [-0.39, 0.29) is 23.3 Å². The van der Waals surface area contributed by atoms with Crippen molar-refractivity contribution in [2.45, 2.75) is 5.22 Å². The largest absolute Gasteiger partial charge is 0.449 e. The third kappa shape index (κ3) is 4.99. The first kappa shape index (κ1) is 20.4. The van der Waals surface area contributed by atoms with Crippen LogP contribution in [0.2, 0.25) is 0 Å². The Bertz CT molecular complexity index is 1370. The Hall–Kier alpha value is -3.90. The molecule has 2 aromatic heterocycles. The van der Waals surface area contributed by atoms with Crippen molar-refractivity contribution in [2.24, 2.45) is 0 Å². The van der Waals surface area contributed by atoms with E-state index in [1.165, 1.54) is 30.0 Å². The molecule has 9 heteroatoms. The number of rotatable bonds is 5. The van der Waals surface area contributed by atoms with Crippen LogP contribution >= 0.6 is 11.8 Å². The Labute approximate surface area is 179 Å². The van der Waals surface area contributed by atoms with Crippen LogP contribution < -0.4 is 5.63 Å². The second-order valence-electron chi connectivity index (χ2n) is 6.09. The molecule has 0 aliphatic carbocycles. The van der Waals surface area contributed by atoms with Crippen molar-refractivity contribution >= 4 is 28.7 Å². The quantitative estimate of drug-likeness (QED) is 0.201. The second kappa shape index (κ2) is 9.28. The highest BCUT2D eigenvalue weighted by Crippen LogP contribution is 2.23. The van der Waals surface area contributed by atoms with Crippen LogP contribution in [-0.4, -0.2) is 28.5 Å². The molecule has 0 aliphatic rings. The SMILES string of the molecule is O=C(OCC#CCSc1nnc(-c2cccc(F)c2)o1)c1cc2ccccc2oc1=O. The second-order valence-corrected chi connectivity index (χ2v) is 7.01. The van der Waals surface area contributed by atoms with Gasteiger partial charge in [-0.3, -0.25) is 0 Å². The molecule has 2 heterocycles. The molecule has 0 spiro atoms. The standard InChI is InChI=1S/C22H13FN2O5S/c23-16-8-5-7-15(12-16)19-24-25-22(30-19)31-11-4-3-10-28-20(26)17-13-14-6-1-2-9-18(14)29-21(17)27/h1-2,5-9,12-13H,10-11H2. The fraction of sp³-hybridized carbons (Fsp3) is 0.0909. The Kier molecular flexibility index (Phi) is 6.10. The molecule has 4 aromatic rings. The first-order valence-electron chi connectivity index (χ1n) is 8.98. The monoisotopic (exact) mass is 436 g/mol. The number of halogens is 1. The zero-order chi connectivity index (χ0) is 21.6. The highest BCUT2D eigenvalue weighted by Gasteiger charge is 2.14. The molecule has 0 aliphatic heterocycles. The number of carbonyl (C=O) groups excluding carboxylic acids is 1. The van der Waals surface area contributed by atoms with Gasteiger partial charge in [-0.25, -0.2) is 14.0 Å². The van der Waals surface area contributed by atoms with Gasteiger partial charge in [0.15, 0.2) is 6.61 Å². The summed E-state index contributed by atoms with van der Waals surface area (Å²) in [5.41, 5.74) is -0.0821. The summed E-state index contributed by atoms with van der Waals surface area (Å²) in [6.45, 7) is -0.190. The number of hydrogen-bond donors (Lipinski definition) is 0. The molecule has 0 saturated heterocycles. The highest BCUT2D eigenvalue weighted by molar-refractivity contribution is 7.99. The number of para-hydroxylation sites is 1. The van der Waals surface area contributed by atoms with Crippen LogP contribution in [0.4, 0.5) is 4.39 Å². The molecule has 154 valence electrons. The average molecular weight is 436 g/mol. The number of esters is 1. The van der Waals surface area contributed by atoms with Crippen molar-refractivity contribution in [3.05, 3.63) is 76.4 Å². The zero-order valence-electron chi connectivity index (χ0n) is 15.8. The van der Waals surface area contributed by atoms with Gasteiger partial charge in [-0.2, -0.15) is 0 Å². The molecule has 0 fully saturated rings. The summed E-state index contributed by atoms with van der Waals surface area (Å²) in [6, 6.07) is 14.1. The molecule has 0 atom stereocenters. The maximum atomic E-state index is 13.3. The Balaban J connectivity index is 1.29. The van der Waals surface area contributed by atoms with E-state index in [2.05, 4.69) is 22.0 Å². The Morgan fingerprint density at radius 1 is 1.06 bits per heavy atom. The van der Waals surface area contributed by atoms with Crippen LogP contribution in [0.1, 0.15) is 10.4 Å². The van der Waals surface area contributed by atoms with Crippen molar-refractivity contribution in [2.75, 3.05) is 12.4 Å². The average Bonchev–Trinajstić information content (AvgIpc) is 3.24. The van der Waals surface area contributed by atoms with Crippen molar-refractivity contribution in [1.29, 1.82) is 0 Å². The summed E-state index contributed by atoms with van der Waals surface area (Å²) in [5, 5.41) is 8.63. The topological polar surface area (TPSA) is 95.4 Å². The van der Waals surface area contributed by atoms with Crippen LogP contribution in [0.3, 0.4) is 0 Å². The number of hydrogen-bond acceptors (Lipinski definition) is 8. The minimum Gasteiger partial charge on any atom is -0.449 e. The number of aromatic nitrogens is 2. The van der Waals surface area contributed by atoms with Crippen molar-refractivity contribution < 1.29 is 22.8 Å². The Morgan fingerprint density at radius 3 is 2.81 bits per heavy atom. The van der Waals surface area contributed by atoms with Crippen molar-refractivity contribution in [1.82, 2.24) is 10.2 Å². The van der Waals surface area contributed by atoms with Crippen molar-refractivity contribution in [3.8, 4) is 23.3 Å². The fourth-order valence-electron chi connectivity index (χ4n) is 2.59. The lowest BCUT2D eigenvalue weighted by Gasteiger charge is -2.01. The normalized spacial score (nSPS) is 10.5. The number of thioether (sulfide) groups is 1. The van der Waals surface area contributed by atoms with E-state index in [0.29, 0.717) is 22.3 Å². The lowest BCUT2D eigenvalue weighted by molar-refractivity contribution is 0.0552. The predicted octanol–water partition coefficient (Wildman–Crippen LogP) is 3.93. The molecule has 0 amide bonds. The molecule has 0 unspecified atom stereocenters. The minimum absolute atomic E-state index is 0.189. The smallest absolute Gasteiger partial charge is 0.351 e. The van der Waals surface area contributed by atoms with E-state index in [1.54, 1.807) is 36.4 Å². The number of nitrogens with zero attached hydrogens (tertiary/aromatic N) is 2. The molecule has 7 nitrogen and oxygen atoms in total. The van der Waals surface area contributed by atoms with Gasteiger partial charge in [0.2, 0.25) is 5.89 Å². The van der Waals surface area contributed by atoms with Crippen LogP contribution in [0.15, 0.2) is 73.4 Å². The van der Waals surface area contributed by atoms with Gasteiger partial charge in [0.1, 0.15) is 17.0 Å². The number of ether oxygens (including phenoxy) is 1. The lowest BCUT2D eigenvalue weighted by atomic mass is 10.2. The van der Waals surface area contributed by atoms with Crippen LogP contribution in [0.5, 0.6) is 0 Å². The van der Waals surface area contributed by atoms with Gasteiger partial charge >= 0.3 is 11.6 Å². The first-order valence-corrected chi connectivity index (χ1v) is 9.97. The highest BCUT2D eigenvalue weighted by atomic mass is 32.2. The Morgan fingerprint density at radius 2 is 1.94 bits per heavy atom. The minimum atomic E-state index is -0.807. The number of benzene rings is 2. The molecule has 0 saturated carbocycles. The summed E-state index contributed by atoms with van der Waals surface area (Å²) < 4.78 is 28.8. The number of carbonyl (C=O) groups is 1. The van der Waals surface area contributed by atoms with Gasteiger partial charge in [-0.05, 0) is 30.3 Å². The third-order valence-electron chi connectivity index (χ3n) is 4.01. The van der Waals surface area contributed by atoms with Gasteiger partial charge < -0.3 is 13.6 Å². The molecule has 4 rings (SSSR count). The summed E-state index contributed by atoms with van der Waals surface area (Å²) >= 11 is 1.19. The predicted molar refractivity (Wildman–Crippen MR) is 111 cm³/mol. The van der Waals surface area contributed by atoms with Crippen molar-refractivity contribution in [3.63, 3.8) is 0 Å². The van der Waals surface area contributed by atoms with E-state index in [0.717, 1.165) is 0 Å². The van der Waals surface area contributed by atoms with E-state index in [1.807, 2.05) is 0 Å². The van der Waals surface area contributed by atoms with E-state index in [4.69, 9.17) is 13.6 Å². The van der Waals surface area contributed by atoms with E-state index < -0.39 is 17.4 Å². The molecular formula is C22H13FN2O5S. The summed E-state index contributed by atoms with van der Waals surface area (Å²) in [7, 11) is 0. The van der Waals surface area contributed by atoms with Gasteiger partial charge in [0.05, 0.1) is 5.75 Å². The van der Waals surface area contributed by atoms with Crippen LogP contribution in [0.25, 0.3) is 22.4 Å². The summed E-state index contributed by atoms with van der Waals surface area (Å²) in [6.07, 6.45) is 0. The molecule has 31 heavy (non-hydrogen) atoms. The van der Waals surface area contributed by atoms with Gasteiger partial charge in [0.25, 0.3) is 5.22 Å². The molecule has 0 N–H and O–H groups in total. The first-order chi connectivity index (χ1) is 15.1. The zero-order valence-corrected chi connectivity index (χ0v) is 16.6. The van der Waals surface area contributed by atoms with E-state index >= 15 is 0 Å². The van der Waals surface area contributed by atoms with Gasteiger partial charge in [-0.15, -0.1) is 10.2 Å². The molecular weight excluding hydrogens is 423 g/mol. The summed E-state index contributed by atoms with van der Waals surface area (Å²) in [4.78, 5) is 24.0. The van der Waals surface area contributed by atoms with Crippen LogP contribution in [0, 0.1) is 17.7 Å². The maximum Gasteiger partial charge on any atom is 0.351 e. The molecule has 0 radical (unpaired) electrons. The van der Waals surface area contributed by atoms with Gasteiger partial charge in [-0.1, -0.05) is 47.9 Å². The van der Waals surface area contributed by atoms with E-state index in [9.17, 15) is 14.0 Å². The third-order valence-corrected chi connectivity index (χ3v) is 4.71. The number of fused-ring (bicyclic) bond motifs is 1. The van der Waals surface area contributed by atoms with Gasteiger partial charge in [0, 0.05) is 10.9 Å². The molecule has 0 bridgehead atoms.